The first-order valence-electron chi connectivity index (χ1n) is 10.3. The van der Waals surface area contributed by atoms with Gasteiger partial charge >= 0.3 is 0 Å². The molecular formula is C23H24N4O3. The third kappa shape index (κ3) is 3.70. The minimum atomic E-state index is 0.0377. The Morgan fingerprint density at radius 1 is 1.13 bits per heavy atom. The summed E-state index contributed by atoms with van der Waals surface area (Å²) in [6.07, 6.45) is 5.43. The average molecular weight is 404 g/mol. The molecule has 2 aromatic carbocycles. The van der Waals surface area contributed by atoms with E-state index in [-0.39, 0.29) is 11.9 Å². The number of piperidine rings is 1. The zero-order chi connectivity index (χ0) is 20.3. The largest absolute Gasteiger partial charge is 0.486 e. The number of rotatable bonds is 4. The van der Waals surface area contributed by atoms with E-state index in [4.69, 9.17) is 9.47 Å². The Bertz CT molecular complexity index is 1030. The van der Waals surface area contributed by atoms with Gasteiger partial charge in [-0.1, -0.05) is 18.2 Å². The minimum absolute atomic E-state index is 0.0377. The lowest BCUT2D eigenvalue weighted by atomic mass is 10.0. The summed E-state index contributed by atoms with van der Waals surface area (Å²) in [5.41, 5.74) is 2.48. The number of amides is 1. The molecule has 3 aromatic rings. The average Bonchev–Trinajstić information content (AvgIpc) is 3.34. The molecule has 2 aliphatic rings. The number of ether oxygens (including phenoxy) is 2. The molecule has 154 valence electrons. The summed E-state index contributed by atoms with van der Waals surface area (Å²) < 4.78 is 11.3. The lowest BCUT2D eigenvalue weighted by Gasteiger charge is -2.34. The number of aromatic amines is 1. The van der Waals surface area contributed by atoms with Gasteiger partial charge in [0.1, 0.15) is 19.0 Å². The fourth-order valence-corrected chi connectivity index (χ4v) is 4.11. The Labute approximate surface area is 175 Å². The third-order valence-electron chi connectivity index (χ3n) is 5.53. The molecule has 30 heavy (non-hydrogen) atoms. The second-order valence-electron chi connectivity index (χ2n) is 7.58. The molecule has 1 aromatic heterocycles. The van der Waals surface area contributed by atoms with E-state index in [1.807, 2.05) is 47.4 Å². The van der Waals surface area contributed by atoms with Crippen molar-refractivity contribution in [2.75, 3.05) is 31.6 Å². The molecule has 1 amide bonds. The molecule has 5 rings (SSSR count). The summed E-state index contributed by atoms with van der Waals surface area (Å²) in [5.74, 6) is 2.29. The van der Waals surface area contributed by atoms with Crippen LogP contribution in [0.4, 0.5) is 5.69 Å². The summed E-state index contributed by atoms with van der Waals surface area (Å²) in [6, 6.07) is 13.7. The van der Waals surface area contributed by atoms with Gasteiger partial charge in [0.25, 0.3) is 5.91 Å². The van der Waals surface area contributed by atoms with Crippen molar-refractivity contribution in [1.29, 1.82) is 0 Å². The van der Waals surface area contributed by atoms with Crippen LogP contribution in [0.3, 0.4) is 0 Å². The second-order valence-corrected chi connectivity index (χ2v) is 7.58. The molecular weight excluding hydrogens is 380 g/mol. The standard InChI is InChI=1S/C23H24N4O3/c28-23(19-6-2-1-5-18(19)22-24-9-10-25-22)27-11-3-4-17(15-27)26-16-7-8-20-21(14-16)30-13-12-29-20/h1-2,5-10,14,17,26H,3-4,11-13,15H2,(H,24,25)/t17-/m0/s1. The van der Waals surface area contributed by atoms with Gasteiger partial charge < -0.3 is 24.7 Å². The minimum Gasteiger partial charge on any atom is -0.486 e. The number of anilines is 1. The predicted molar refractivity (Wildman–Crippen MR) is 114 cm³/mol. The number of H-pyrrole nitrogens is 1. The number of imidazole rings is 1. The van der Waals surface area contributed by atoms with Crippen LogP contribution in [-0.4, -0.2) is 53.1 Å². The lowest BCUT2D eigenvalue weighted by molar-refractivity contribution is 0.0715. The zero-order valence-corrected chi connectivity index (χ0v) is 16.6. The number of carbonyl (C=O) groups is 1. The van der Waals surface area contributed by atoms with Crippen molar-refractivity contribution in [2.45, 2.75) is 18.9 Å². The van der Waals surface area contributed by atoms with Crippen molar-refractivity contribution in [3.05, 3.63) is 60.4 Å². The first-order valence-corrected chi connectivity index (χ1v) is 10.3. The number of nitrogens with one attached hydrogen (secondary N) is 2. The van der Waals surface area contributed by atoms with Crippen LogP contribution in [0.25, 0.3) is 11.4 Å². The van der Waals surface area contributed by atoms with Gasteiger partial charge in [0, 0.05) is 48.8 Å². The molecule has 0 unspecified atom stereocenters. The van der Waals surface area contributed by atoms with E-state index in [0.29, 0.717) is 31.1 Å². The van der Waals surface area contributed by atoms with Crippen LogP contribution in [0.1, 0.15) is 23.2 Å². The van der Waals surface area contributed by atoms with Gasteiger partial charge in [0.05, 0.1) is 5.56 Å². The second kappa shape index (κ2) is 8.10. The lowest BCUT2D eigenvalue weighted by Crippen LogP contribution is -2.45. The maximum atomic E-state index is 13.3. The third-order valence-corrected chi connectivity index (χ3v) is 5.53. The van der Waals surface area contributed by atoms with E-state index in [1.165, 1.54) is 0 Å². The molecule has 7 heteroatoms. The Morgan fingerprint density at radius 2 is 2.00 bits per heavy atom. The van der Waals surface area contributed by atoms with Gasteiger partial charge in [-0.3, -0.25) is 4.79 Å². The fraction of sp³-hybridized carbons (Fsp3) is 0.304. The smallest absolute Gasteiger partial charge is 0.254 e. The topological polar surface area (TPSA) is 79.5 Å². The van der Waals surface area contributed by atoms with Gasteiger partial charge in [-0.25, -0.2) is 4.98 Å². The molecule has 1 saturated heterocycles. The van der Waals surface area contributed by atoms with Gasteiger partial charge in [-0.15, -0.1) is 0 Å². The van der Waals surface area contributed by atoms with E-state index in [1.54, 1.807) is 12.4 Å². The zero-order valence-electron chi connectivity index (χ0n) is 16.6. The summed E-state index contributed by atoms with van der Waals surface area (Å²) in [7, 11) is 0. The van der Waals surface area contributed by atoms with E-state index < -0.39 is 0 Å². The summed E-state index contributed by atoms with van der Waals surface area (Å²) >= 11 is 0. The molecule has 1 fully saturated rings. The van der Waals surface area contributed by atoms with Crippen molar-refractivity contribution in [3.63, 3.8) is 0 Å². The van der Waals surface area contributed by atoms with Crippen LogP contribution in [0.15, 0.2) is 54.9 Å². The highest BCUT2D eigenvalue weighted by Crippen LogP contribution is 2.33. The van der Waals surface area contributed by atoms with Crippen LogP contribution in [-0.2, 0) is 0 Å². The van der Waals surface area contributed by atoms with E-state index in [9.17, 15) is 4.79 Å². The van der Waals surface area contributed by atoms with Gasteiger partial charge in [0.15, 0.2) is 11.5 Å². The Morgan fingerprint density at radius 3 is 2.87 bits per heavy atom. The van der Waals surface area contributed by atoms with Gasteiger partial charge in [0.2, 0.25) is 0 Å². The number of likely N-dealkylation sites (tertiary alicyclic amines) is 1. The molecule has 0 radical (unpaired) electrons. The number of aromatic nitrogens is 2. The van der Waals surface area contributed by atoms with Crippen LogP contribution in [0.2, 0.25) is 0 Å². The first kappa shape index (κ1) is 18.5. The molecule has 2 aliphatic heterocycles. The van der Waals surface area contributed by atoms with Crippen molar-refractivity contribution in [3.8, 4) is 22.9 Å². The van der Waals surface area contributed by atoms with Crippen LogP contribution >= 0.6 is 0 Å². The summed E-state index contributed by atoms with van der Waals surface area (Å²) in [6.45, 7) is 2.56. The molecule has 0 aliphatic carbocycles. The molecule has 7 nitrogen and oxygen atoms in total. The highest BCUT2D eigenvalue weighted by Gasteiger charge is 2.26. The highest BCUT2D eigenvalue weighted by atomic mass is 16.6. The summed E-state index contributed by atoms with van der Waals surface area (Å²) in [5, 5.41) is 3.56. The number of fused-ring (bicyclic) bond motifs is 1. The molecule has 0 spiro atoms. The van der Waals surface area contributed by atoms with Crippen LogP contribution < -0.4 is 14.8 Å². The Kier molecular flexibility index (Phi) is 5.01. The highest BCUT2D eigenvalue weighted by molar-refractivity contribution is 6.00. The van der Waals surface area contributed by atoms with Crippen LogP contribution in [0.5, 0.6) is 11.5 Å². The molecule has 0 saturated carbocycles. The Balaban J connectivity index is 1.31. The molecule has 0 bridgehead atoms. The molecule has 1 atom stereocenters. The van der Waals surface area contributed by atoms with Gasteiger partial charge in [-0.05, 0) is 31.0 Å². The normalized spacial score (nSPS) is 18.1. The SMILES string of the molecule is O=C(c1ccccc1-c1ncc[nH]1)N1CCC[C@H](Nc2ccc3c(c2)OCCO3)C1. The van der Waals surface area contributed by atoms with Crippen molar-refractivity contribution >= 4 is 11.6 Å². The monoisotopic (exact) mass is 404 g/mol. The number of hydrogen-bond acceptors (Lipinski definition) is 5. The van der Waals surface area contributed by atoms with Crippen LogP contribution in [0, 0.1) is 0 Å². The number of benzene rings is 2. The van der Waals surface area contributed by atoms with Crippen molar-refractivity contribution in [1.82, 2.24) is 14.9 Å². The van der Waals surface area contributed by atoms with E-state index >= 15 is 0 Å². The van der Waals surface area contributed by atoms with Crippen molar-refractivity contribution in [2.24, 2.45) is 0 Å². The van der Waals surface area contributed by atoms with E-state index in [0.717, 1.165) is 42.1 Å². The number of hydrogen-bond donors (Lipinski definition) is 2. The van der Waals surface area contributed by atoms with E-state index in [2.05, 4.69) is 15.3 Å². The molecule has 3 heterocycles. The number of nitrogens with zero attached hydrogens (tertiary/aromatic N) is 2. The first-order chi connectivity index (χ1) is 14.8. The predicted octanol–water partition coefficient (Wildman–Crippen LogP) is 3.56. The summed E-state index contributed by atoms with van der Waals surface area (Å²) in [4.78, 5) is 22.7. The molecule has 2 N–H and O–H groups in total. The maximum absolute atomic E-state index is 13.3. The Hall–Kier alpha value is -3.48. The number of carbonyl (C=O) groups excluding carboxylic acids is 1. The van der Waals surface area contributed by atoms with Crippen molar-refractivity contribution < 1.29 is 14.3 Å². The van der Waals surface area contributed by atoms with Gasteiger partial charge in [-0.2, -0.15) is 0 Å². The maximum Gasteiger partial charge on any atom is 0.254 e. The fourth-order valence-electron chi connectivity index (χ4n) is 4.11. The quantitative estimate of drug-likeness (QED) is 0.695.